The number of anilines is 1. The Balaban J connectivity index is 2.06. The average molecular weight is 375 g/mol. The van der Waals surface area contributed by atoms with Crippen molar-refractivity contribution in [2.75, 3.05) is 11.9 Å². The molecule has 0 aliphatic rings. The van der Waals surface area contributed by atoms with Crippen LogP contribution in [-0.2, 0) is 4.79 Å². The normalized spacial score (nSPS) is 11.5. The highest BCUT2D eigenvalue weighted by molar-refractivity contribution is 6.31. The molecule has 2 rings (SSSR count). The molecule has 0 radical (unpaired) electrons. The molecule has 0 bridgehead atoms. The SMILES string of the molecule is CCCNC(=O)c1ccccc1NC(=O)C(C)Oc1ccc(Cl)c(C)c1. The van der Waals surface area contributed by atoms with Crippen molar-refractivity contribution in [3.8, 4) is 5.75 Å². The van der Waals surface area contributed by atoms with Crippen LogP contribution in [0.4, 0.5) is 5.69 Å². The lowest BCUT2D eigenvalue weighted by Crippen LogP contribution is -2.32. The largest absolute Gasteiger partial charge is 0.481 e. The average Bonchev–Trinajstić information content (AvgIpc) is 2.63. The number of halogens is 1. The van der Waals surface area contributed by atoms with Crippen LogP contribution in [0.1, 0.15) is 36.2 Å². The van der Waals surface area contributed by atoms with Crippen molar-refractivity contribution in [3.63, 3.8) is 0 Å². The molecule has 0 aliphatic heterocycles. The van der Waals surface area contributed by atoms with Crippen molar-refractivity contribution < 1.29 is 14.3 Å². The monoisotopic (exact) mass is 374 g/mol. The van der Waals surface area contributed by atoms with Gasteiger partial charge in [-0.25, -0.2) is 0 Å². The molecule has 0 aromatic heterocycles. The molecule has 2 aromatic carbocycles. The Labute approximate surface area is 158 Å². The van der Waals surface area contributed by atoms with E-state index in [1.54, 1.807) is 49.4 Å². The number of para-hydroxylation sites is 1. The molecule has 2 aromatic rings. The van der Waals surface area contributed by atoms with Crippen molar-refractivity contribution >= 4 is 29.1 Å². The summed E-state index contributed by atoms with van der Waals surface area (Å²) in [5.74, 6) is 0.00140. The molecule has 138 valence electrons. The van der Waals surface area contributed by atoms with Crippen LogP contribution in [-0.4, -0.2) is 24.5 Å². The van der Waals surface area contributed by atoms with Gasteiger partial charge in [-0.2, -0.15) is 0 Å². The minimum absolute atomic E-state index is 0.218. The minimum Gasteiger partial charge on any atom is -0.481 e. The number of carbonyl (C=O) groups excluding carboxylic acids is 2. The number of ether oxygens (including phenoxy) is 1. The summed E-state index contributed by atoms with van der Waals surface area (Å²) in [5.41, 5.74) is 1.74. The second-order valence-corrected chi connectivity index (χ2v) is 6.37. The van der Waals surface area contributed by atoms with E-state index in [2.05, 4.69) is 10.6 Å². The van der Waals surface area contributed by atoms with E-state index in [0.717, 1.165) is 12.0 Å². The lowest BCUT2D eigenvalue weighted by molar-refractivity contribution is -0.122. The summed E-state index contributed by atoms with van der Waals surface area (Å²) in [5, 5.41) is 6.21. The molecule has 1 atom stereocenters. The molecular weight excluding hydrogens is 352 g/mol. The number of aryl methyl sites for hydroxylation is 1. The Morgan fingerprint density at radius 2 is 1.92 bits per heavy atom. The predicted octanol–water partition coefficient (Wildman–Crippen LogP) is 4.19. The molecule has 0 saturated carbocycles. The molecule has 6 heteroatoms. The number of hydrogen-bond donors (Lipinski definition) is 2. The summed E-state index contributed by atoms with van der Waals surface area (Å²) < 4.78 is 5.68. The topological polar surface area (TPSA) is 67.4 Å². The van der Waals surface area contributed by atoms with Crippen molar-refractivity contribution in [2.45, 2.75) is 33.3 Å². The second kappa shape index (κ2) is 9.25. The molecule has 0 heterocycles. The van der Waals surface area contributed by atoms with Crippen LogP contribution in [0.3, 0.4) is 0 Å². The van der Waals surface area contributed by atoms with E-state index >= 15 is 0 Å². The maximum Gasteiger partial charge on any atom is 0.265 e. The first-order chi connectivity index (χ1) is 12.4. The Morgan fingerprint density at radius 3 is 2.62 bits per heavy atom. The summed E-state index contributed by atoms with van der Waals surface area (Å²) >= 11 is 6.00. The smallest absolute Gasteiger partial charge is 0.265 e. The van der Waals surface area contributed by atoms with E-state index in [4.69, 9.17) is 16.3 Å². The van der Waals surface area contributed by atoms with Crippen molar-refractivity contribution in [1.82, 2.24) is 5.32 Å². The van der Waals surface area contributed by atoms with Crippen LogP contribution in [0, 0.1) is 6.92 Å². The van der Waals surface area contributed by atoms with E-state index < -0.39 is 6.10 Å². The van der Waals surface area contributed by atoms with E-state index in [1.807, 2.05) is 13.8 Å². The lowest BCUT2D eigenvalue weighted by atomic mass is 10.1. The van der Waals surface area contributed by atoms with Gasteiger partial charge in [0.05, 0.1) is 11.3 Å². The van der Waals surface area contributed by atoms with Crippen molar-refractivity contribution in [3.05, 3.63) is 58.6 Å². The standard InChI is InChI=1S/C20H23ClN2O3/c1-4-11-22-20(25)16-7-5-6-8-18(16)23-19(24)14(3)26-15-9-10-17(21)13(2)12-15/h5-10,12,14H,4,11H2,1-3H3,(H,22,25)(H,23,24). The third kappa shape index (κ3) is 5.23. The number of nitrogens with one attached hydrogen (secondary N) is 2. The molecule has 1 unspecified atom stereocenters. The summed E-state index contributed by atoms with van der Waals surface area (Å²) in [6.45, 7) is 6.08. The van der Waals surface area contributed by atoms with Crippen molar-refractivity contribution in [1.29, 1.82) is 0 Å². The van der Waals surface area contributed by atoms with E-state index in [0.29, 0.717) is 28.6 Å². The fraction of sp³-hybridized carbons (Fsp3) is 0.300. The van der Waals surface area contributed by atoms with Crippen LogP contribution in [0.15, 0.2) is 42.5 Å². The molecule has 26 heavy (non-hydrogen) atoms. The first-order valence-electron chi connectivity index (χ1n) is 8.53. The van der Waals surface area contributed by atoms with Gasteiger partial charge in [-0.3, -0.25) is 9.59 Å². The summed E-state index contributed by atoms with van der Waals surface area (Å²) in [4.78, 5) is 24.7. The number of rotatable bonds is 7. The summed E-state index contributed by atoms with van der Waals surface area (Å²) in [6.07, 6.45) is 0.105. The fourth-order valence-corrected chi connectivity index (χ4v) is 2.42. The third-order valence-electron chi connectivity index (χ3n) is 3.78. The zero-order valence-corrected chi connectivity index (χ0v) is 15.9. The molecule has 2 N–H and O–H groups in total. The Bertz CT molecular complexity index is 792. The van der Waals surface area contributed by atoms with Gasteiger partial charge in [0.2, 0.25) is 0 Å². The quantitative estimate of drug-likeness (QED) is 0.763. The van der Waals surface area contributed by atoms with Crippen molar-refractivity contribution in [2.24, 2.45) is 0 Å². The zero-order chi connectivity index (χ0) is 19.1. The molecule has 0 fully saturated rings. The zero-order valence-electron chi connectivity index (χ0n) is 15.1. The van der Waals surface area contributed by atoms with Gasteiger partial charge in [0.25, 0.3) is 11.8 Å². The van der Waals surface area contributed by atoms with E-state index in [1.165, 1.54) is 0 Å². The lowest BCUT2D eigenvalue weighted by Gasteiger charge is -2.17. The Hall–Kier alpha value is -2.53. The Kier molecular flexibility index (Phi) is 7.04. The van der Waals surface area contributed by atoms with Crippen LogP contribution < -0.4 is 15.4 Å². The van der Waals surface area contributed by atoms with E-state index in [-0.39, 0.29) is 11.8 Å². The van der Waals surface area contributed by atoms with Gasteiger partial charge in [0, 0.05) is 11.6 Å². The minimum atomic E-state index is -0.734. The van der Waals surface area contributed by atoms with Gasteiger partial charge in [-0.05, 0) is 56.2 Å². The predicted molar refractivity (Wildman–Crippen MR) is 104 cm³/mol. The van der Waals surface area contributed by atoms with Gasteiger partial charge >= 0.3 is 0 Å². The van der Waals surface area contributed by atoms with E-state index in [9.17, 15) is 9.59 Å². The molecule has 2 amide bonds. The first-order valence-corrected chi connectivity index (χ1v) is 8.91. The summed E-state index contributed by atoms with van der Waals surface area (Å²) in [6, 6.07) is 12.1. The molecule has 0 aliphatic carbocycles. The highest BCUT2D eigenvalue weighted by atomic mass is 35.5. The van der Waals surface area contributed by atoms with Gasteiger partial charge in [0.1, 0.15) is 5.75 Å². The number of benzene rings is 2. The molecule has 5 nitrogen and oxygen atoms in total. The highest BCUT2D eigenvalue weighted by Crippen LogP contribution is 2.22. The second-order valence-electron chi connectivity index (χ2n) is 5.96. The molecule has 0 saturated heterocycles. The Morgan fingerprint density at radius 1 is 1.19 bits per heavy atom. The highest BCUT2D eigenvalue weighted by Gasteiger charge is 2.18. The number of hydrogen-bond acceptors (Lipinski definition) is 3. The van der Waals surface area contributed by atoms with Gasteiger partial charge < -0.3 is 15.4 Å². The maximum absolute atomic E-state index is 12.5. The molecular formula is C20H23ClN2O3. The maximum atomic E-state index is 12.5. The number of carbonyl (C=O) groups is 2. The van der Waals surface area contributed by atoms with Crippen LogP contribution in [0.5, 0.6) is 5.75 Å². The number of amides is 2. The third-order valence-corrected chi connectivity index (χ3v) is 4.20. The van der Waals surface area contributed by atoms with Crippen LogP contribution in [0.2, 0.25) is 5.02 Å². The van der Waals surface area contributed by atoms with Crippen LogP contribution >= 0.6 is 11.6 Å². The van der Waals surface area contributed by atoms with Gasteiger partial charge in [-0.1, -0.05) is 30.7 Å². The fourth-order valence-electron chi connectivity index (χ4n) is 2.31. The van der Waals surface area contributed by atoms with Crippen LogP contribution in [0.25, 0.3) is 0 Å². The summed E-state index contributed by atoms with van der Waals surface area (Å²) in [7, 11) is 0. The first kappa shape index (κ1) is 19.8. The molecule has 0 spiro atoms. The van der Waals surface area contributed by atoms with Gasteiger partial charge in [0.15, 0.2) is 6.10 Å². The van der Waals surface area contributed by atoms with Gasteiger partial charge in [-0.15, -0.1) is 0 Å².